The van der Waals surface area contributed by atoms with Crippen molar-refractivity contribution in [1.29, 1.82) is 0 Å². The Morgan fingerprint density at radius 1 is 0.906 bits per heavy atom. The number of carbonyl (C=O) groups excluding carboxylic acids is 1. The molecule has 32 heavy (non-hydrogen) atoms. The Hall–Kier alpha value is -2.30. The third-order valence-electron chi connectivity index (χ3n) is 6.56. The van der Waals surface area contributed by atoms with Crippen molar-refractivity contribution in [1.82, 2.24) is 4.90 Å². The summed E-state index contributed by atoms with van der Waals surface area (Å²) >= 11 is 6.13. The van der Waals surface area contributed by atoms with Gasteiger partial charge in [0.1, 0.15) is 0 Å². The third-order valence-corrected chi connectivity index (χ3v) is 6.81. The average molecular weight is 453 g/mol. The molecule has 0 amide bonds. The molecule has 5 heteroatoms. The third kappa shape index (κ3) is 5.73. The lowest BCUT2D eigenvalue weighted by molar-refractivity contribution is 0.0526. The minimum Gasteiger partial charge on any atom is -0.462 e. The lowest BCUT2D eigenvalue weighted by Gasteiger charge is -2.37. The monoisotopic (exact) mass is 452 g/mol. The average Bonchev–Trinajstić information content (AvgIpc) is 3.06. The molecule has 4 rings (SSSR count). The number of hydrogen-bond acceptors (Lipinski definition) is 4. The first kappa shape index (κ1) is 22.9. The first-order chi connectivity index (χ1) is 15.6. The van der Waals surface area contributed by atoms with Crippen LogP contribution in [0.25, 0.3) is 5.57 Å². The molecule has 1 aliphatic heterocycles. The van der Waals surface area contributed by atoms with Gasteiger partial charge >= 0.3 is 5.97 Å². The van der Waals surface area contributed by atoms with Gasteiger partial charge in [0.25, 0.3) is 0 Å². The van der Waals surface area contributed by atoms with Crippen LogP contribution >= 0.6 is 11.6 Å². The van der Waals surface area contributed by atoms with Crippen LogP contribution in [-0.4, -0.2) is 50.2 Å². The van der Waals surface area contributed by atoms with Gasteiger partial charge in [-0.15, -0.1) is 0 Å². The van der Waals surface area contributed by atoms with E-state index in [-0.39, 0.29) is 5.97 Å². The second kappa shape index (κ2) is 11.0. The molecule has 0 aromatic heterocycles. The summed E-state index contributed by atoms with van der Waals surface area (Å²) in [6.45, 7) is 7.40. The Balaban J connectivity index is 1.39. The number of nitrogens with zero attached hydrogens (tertiary/aromatic N) is 2. The summed E-state index contributed by atoms with van der Waals surface area (Å²) in [5, 5.41) is 0.802. The van der Waals surface area contributed by atoms with Crippen LogP contribution in [0.5, 0.6) is 0 Å². The molecule has 1 fully saturated rings. The van der Waals surface area contributed by atoms with Crippen molar-refractivity contribution in [3.8, 4) is 0 Å². The quantitative estimate of drug-likeness (QED) is 0.499. The second-order valence-corrected chi connectivity index (χ2v) is 9.12. The summed E-state index contributed by atoms with van der Waals surface area (Å²) in [4.78, 5) is 16.9. The van der Waals surface area contributed by atoms with Gasteiger partial charge in [-0.3, -0.25) is 4.90 Å². The van der Waals surface area contributed by atoms with E-state index in [0.717, 1.165) is 37.7 Å². The van der Waals surface area contributed by atoms with E-state index in [0.29, 0.717) is 12.2 Å². The van der Waals surface area contributed by atoms with Gasteiger partial charge in [-0.05, 0) is 80.1 Å². The highest BCUT2D eigenvalue weighted by molar-refractivity contribution is 6.30. The lowest BCUT2D eigenvalue weighted by atomic mass is 9.95. The highest BCUT2D eigenvalue weighted by atomic mass is 35.5. The largest absolute Gasteiger partial charge is 0.462 e. The van der Waals surface area contributed by atoms with Crippen molar-refractivity contribution in [3.05, 3.63) is 70.3 Å². The smallest absolute Gasteiger partial charge is 0.338 e. The van der Waals surface area contributed by atoms with Crippen LogP contribution < -0.4 is 4.90 Å². The van der Waals surface area contributed by atoms with E-state index in [1.54, 1.807) is 5.57 Å². The molecule has 0 atom stereocenters. The number of ether oxygens (including phenoxy) is 1. The number of anilines is 1. The van der Waals surface area contributed by atoms with Gasteiger partial charge < -0.3 is 9.64 Å². The Labute approximate surface area is 196 Å². The second-order valence-electron chi connectivity index (χ2n) is 8.68. The van der Waals surface area contributed by atoms with Crippen LogP contribution in [0.2, 0.25) is 5.02 Å². The molecular weight excluding hydrogens is 420 g/mol. The van der Waals surface area contributed by atoms with E-state index in [1.165, 1.54) is 48.9 Å². The van der Waals surface area contributed by atoms with Gasteiger partial charge in [-0.2, -0.15) is 0 Å². The Morgan fingerprint density at radius 3 is 2.28 bits per heavy atom. The molecular formula is C27H33ClN2O2. The number of esters is 1. The molecule has 2 aliphatic rings. The Morgan fingerprint density at radius 2 is 1.59 bits per heavy atom. The van der Waals surface area contributed by atoms with Crippen LogP contribution in [-0.2, 0) is 4.74 Å². The zero-order valence-corrected chi connectivity index (χ0v) is 19.7. The van der Waals surface area contributed by atoms with Crippen LogP contribution in [0.1, 0.15) is 54.9 Å². The van der Waals surface area contributed by atoms with Gasteiger partial charge in [0.2, 0.25) is 0 Å². The lowest BCUT2D eigenvalue weighted by Crippen LogP contribution is -2.47. The number of allylic oxidation sites excluding steroid dienone is 1. The van der Waals surface area contributed by atoms with Crippen LogP contribution in [0.15, 0.2) is 54.1 Å². The number of halogens is 1. The maximum atomic E-state index is 11.9. The van der Waals surface area contributed by atoms with Crippen LogP contribution in [0.3, 0.4) is 0 Å². The van der Waals surface area contributed by atoms with Gasteiger partial charge in [-0.25, -0.2) is 4.79 Å². The van der Waals surface area contributed by atoms with Crippen molar-refractivity contribution in [3.63, 3.8) is 0 Å². The molecule has 4 nitrogen and oxygen atoms in total. The predicted molar refractivity (Wildman–Crippen MR) is 133 cm³/mol. The first-order valence-corrected chi connectivity index (χ1v) is 12.2. The molecule has 2 aromatic rings. The number of hydrogen-bond donors (Lipinski definition) is 0. The normalized spacial score (nSPS) is 17.9. The fourth-order valence-corrected chi connectivity index (χ4v) is 4.90. The molecule has 0 saturated carbocycles. The number of benzene rings is 2. The topological polar surface area (TPSA) is 32.8 Å². The molecule has 1 heterocycles. The molecule has 0 bridgehead atoms. The maximum Gasteiger partial charge on any atom is 0.338 e. The summed E-state index contributed by atoms with van der Waals surface area (Å²) in [6.07, 6.45) is 6.25. The molecule has 0 radical (unpaired) electrons. The van der Waals surface area contributed by atoms with Crippen molar-refractivity contribution < 1.29 is 9.53 Å². The van der Waals surface area contributed by atoms with E-state index in [4.69, 9.17) is 16.3 Å². The molecule has 2 aromatic carbocycles. The standard InChI is InChI=1S/C27H33ClN2O2/c1-2-32-27(31)22-10-14-25(15-11-22)30-18-16-29(17-19-30)20-23-6-4-3-5-7-26(23)21-8-12-24(28)13-9-21/h8-15H,2-7,16-20H2,1H3. The van der Waals surface area contributed by atoms with E-state index >= 15 is 0 Å². The number of rotatable bonds is 6. The van der Waals surface area contributed by atoms with Gasteiger partial charge in [0.05, 0.1) is 12.2 Å². The minimum atomic E-state index is -0.253. The maximum absolute atomic E-state index is 11.9. The predicted octanol–water partition coefficient (Wildman–Crippen LogP) is 6.06. The van der Waals surface area contributed by atoms with Crippen molar-refractivity contribution in [2.75, 3.05) is 44.2 Å². The molecule has 1 saturated heterocycles. The van der Waals surface area contributed by atoms with Crippen LogP contribution in [0.4, 0.5) is 5.69 Å². The van der Waals surface area contributed by atoms with Crippen molar-refractivity contribution in [2.24, 2.45) is 0 Å². The highest BCUT2D eigenvalue weighted by Crippen LogP contribution is 2.32. The summed E-state index contributed by atoms with van der Waals surface area (Å²) < 4.78 is 5.08. The fraction of sp³-hybridized carbons (Fsp3) is 0.444. The summed E-state index contributed by atoms with van der Waals surface area (Å²) in [7, 11) is 0. The summed E-state index contributed by atoms with van der Waals surface area (Å²) in [5.41, 5.74) is 6.28. The van der Waals surface area contributed by atoms with E-state index < -0.39 is 0 Å². The van der Waals surface area contributed by atoms with Crippen molar-refractivity contribution in [2.45, 2.75) is 39.0 Å². The molecule has 0 unspecified atom stereocenters. The Bertz CT molecular complexity index is 929. The summed E-state index contributed by atoms with van der Waals surface area (Å²) in [6, 6.07) is 16.2. The van der Waals surface area contributed by atoms with Gasteiger partial charge in [0.15, 0.2) is 0 Å². The summed E-state index contributed by atoms with van der Waals surface area (Å²) in [5.74, 6) is -0.253. The minimum absolute atomic E-state index is 0.253. The molecule has 1 aliphatic carbocycles. The fourth-order valence-electron chi connectivity index (χ4n) is 4.78. The van der Waals surface area contributed by atoms with E-state index in [9.17, 15) is 4.79 Å². The van der Waals surface area contributed by atoms with Crippen LogP contribution in [0, 0.1) is 0 Å². The first-order valence-electron chi connectivity index (χ1n) is 11.9. The van der Waals surface area contributed by atoms with E-state index in [2.05, 4.69) is 21.9 Å². The zero-order valence-electron chi connectivity index (χ0n) is 19.0. The zero-order chi connectivity index (χ0) is 22.3. The Kier molecular flexibility index (Phi) is 7.88. The van der Waals surface area contributed by atoms with Crippen molar-refractivity contribution >= 4 is 28.8 Å². The SMILES string of the molecule is CCOC(=O)c1ccc(N2CCN(CC3=C(c4ccc(Cl)cc4)CCCCC3)CC2)cc1. The van der Waals surface area contributed by atoms with E-state index in [1.807, 2.05) is 43.3 Å². The molecule has 0 N–H and O–H groups in total. The number of piperazine rings is 1. The van der Waals surface area contributed by atoms with Gasteiger partial charge in [-0.1, -0.05) is 35.7 Å². The molecule has 170 valence electrons. The highest BCUT2D eigenvalue weighted by Gasteiger charge is 2.21. The number of carbonyl (C=O) groups is 1. The molecule has 0 spiro atoms. The van der Waals surface area contributed by atoms with Gasteiger partial charge in [0, 0.05) is 43.4 Å².